The second-order valence-electron chi connectivity index (χ2n) is 11.7. The molecule has 3 heterocycles. The van der Waals surface area contributed by atoms with Gasteiger partial charge in [0, 0.05) is 56.3 Å². The van der Waals surface area contributed by atoms with Crippen LogP contribution < -0.4 is 10.2 Å². The van der Waals surface area contributed by atoms with Gasteiger partial charge in [-0.15, -0.1) is 0 Å². The highest BCUT2D eigenvalue weighted by atomic mass is 19.4. The van der Waals surface area contributed by atoms with E-state index < -0.39 is 41.3 Å². The van der Waals surface area contributed by atoms with Gasteiger partial charge in [-0.25, -0.2) is 9.07 Å². The van der Waals surface area contributed by atoms with E-state index in [1.807, 2.05) is 37.3 Å². The van der Waals surface area contributed by atoms with Crippen molar-refractivity contribution in [3.63, 3.8) is 0 Å². The number of halogens is 4. The van der Waals surface area contributed by atoms with Gasteiger partial charge in [0.1, 0.15) is 17.7 Å². The standard InChI is InChI=1S/C34H34F4N6O2/c1-3-43-32-29(27(21-42-18-16-41(2)17-19-42)40-44(32)26-10-5-4-6-11-26)28(22-12-14-25(35)15-13-22)30(33(43)46)39-31(45)23-8-7-9-24(20-23)34(36,37)38/h4-15,20,28,30H,3,16-19,21H2,1-2H3,(H,39,45)/t28-,30-/m0/s1. The lowest BCUT2D eigenvalue weighted by atomic mass is 9.80. The Balaban J connectivity index is 1.51. The number of nitrogens with one attached hydrogen (secondary N) is 1. The maximum atomic E-state index is 14.4. The summed E-state index contributed by atoms with van der Waals surface area (Å²) in [7, 11) is 2.07. The summed E-state index contributed by atoms with van der Waals surface area (Å²) in [6.45, 7) is 5.87. The number of nitrogens with zero attached hydrogens (tertiary/aromatic N) is 5. The molecule has 0 unspecified atom stereocenters. The van der Waals surface area contributed by atoms with Gasteiger partial charge in [0.05, 0.1) is 16.9 Å². The molecule has 4 aromatic rings. The molecule has 0 aliphatic carbocycles. The lowest BCUT2D eigenvalue weighted by molar-refractivity contribution is -0.137. The Labute approximate surface area is 264 Å². The number of carbonyl (C=O) groups is 2. The molecule has 12 heteroatoms. The molecule has 2 atom stereocenters. The average molecular weight is 635 g/mol. The number of amides is 2. The summed E-state index contributed by atoms with van der Waals surface area (Å²) in [4.78, 5) is 34.1. The molecule has 2 aliphatic heterocycles. The van der Waals surface area contributed by atoms with Crippen molar-refractivity contribution >= 4 is 17.6 Å². The Morgan fingerprint density at radius 1 is 0.957 bits per heavy atom. The van der Waals surface area contributed by atoms with E-state index in [0.717, 1.165) is 50.1 Å². The third kappa shape index (κ3) is 6.14. The summed E-state index contributed by atoms with van der Waals surface area (Å²) in [6.07, 6.45) is -4.65. The molecule has 8 nitrogen and oxygen atoms in total. The summed E-state index contributed by atoms with van der Waals surface area (Å²) in [5, 5.41) is 7.84. The normalized spacial score (nSPS) is 19.3. The first-order chi connectivity index (χ1) is 22.0. The topological polar surface area (TPSA) is 73.7 Å². The first-order valence-corrected chi connectivity index (χ1v) is 15.2. The van der Waals surface area contributed by atoms with E-state index in [9.17, 15) is 27.2 Å². The highest BCUT2D eigenvalue weighted by molar-refractivity contribution is 6.05. The molecule has 3 aromatic carbocycles. The number of hydrogen-bond acceptors (Lipinski definition) is 5. The SMILES string of the molecule is CCN1C(=O)[C@@H](NC(=O)c2cccc(C(F)(F)F)c2)[C@@H](c2ccc(F)cc2)c2c(CN3CCN(C)CC3)nn(-c3ccccc3)c21. The smallest absolute Gasteiger partial charge is 0.339 e. The van der Waals surface area contributed by atoms with E-state index in [2.05, 4.69) is 22.2 Å². The fourth-order valence-electron chi connectivity index (χ4n) is 6.25. The van der Waals surface area contributed by atoms with Crippen molar-refractivity contribution in [2.75, 3.05) is 44.7 Å². The molecule has 0 radical (unpaired) electrons. The van der Waals surface area contributed by atoms with E-state index in [1.165, 1.54) is 18.2 Å². The summed E-state index contributed by atoms with van der Waals surface area (Å²) in [5.74, 6) is -2.01. The molecule has 1 aromatic heterocycles. The fraction of sp³-hybridized carbons (Fsp3) is 0.324. The molecular weight excluding hydrogens is 600 g/mol. The minimum atomic E-state index is -4.65. The first-order valence-electron chi connectivity index (χ1n) is 15.2. The lowest BCUT2D eigenvalue weighted by Crippen LogP contribution is -2.55. The third-order valence-corrected chi connectivity index (χ3v) is 8.66. The highest BCUT2D eigenvalue weighted by Crippen LogP contribution is 2.44. The molecule has 46 heavy (non-hydrogen) atoms. The fourth-order valence-corrected chi connectivity index (χ4v) is 6.25. The highest BCUT2D eigenvalue weighted by Gasteiger charge is 2.46. The lowest BCUT2D eigenvalue weighted by Gasteiger charge is -2.39. The van der Waals surface area contributed by atoms with Crippen LogP contribution in [0.5, 0.6) is 0 Å². The van der Waals surface area contributed by atoms with Crippen molar-refractivity contribution in [3.05, 3.63) is 113 Å². The zero-order valence-corrected chi connectivity index (χ0v) is 25.5. The summed E-state index contributed by atoms with van der Waals surface area (Å²) in [6, 6.07) is 18.0. The maximum absolute atomic E-state index is 14.4. The summed E-state index contributed by atoms with van der Waals surface area (Å²) >= 11 is 0. The van der Waals surface area contributed by atoms with Crippen LogP contribution >= 0.6 is 0 Å². The number of alkyl halides is 3. The average Bonchev–Trinajstić information content (AvgIpc) is 3.41. The van der Waals surface area contributed by atoms with Crippen LogP contribution in [0.1, 0.15) is 45.6 Å². The Kier molecular flexibility index (Phi) is 8.67. The van der Waals surface area contributed by atoms with Crippen molar-refractivity contribution in [1.29, 1.82) is 0 Å². The largest absolute Gasteiger partial charge is 0.416 e. The maximum Gasteiger partial charge on any atom is 0.416 e. The van der Waals surface area contributed by atoms with Crippen LogP contribution in [-0.2, 0) is 17.5 Å². The minimum absolute atomic E-state index is 0.230. The van der Waals surface area contributed by atoms with Gasteiger partial charge >= 0.3 is 6.18 Å². The van der Waals surface area contributed by atoms with Crippen LogP contribution in [0.25, 0.3) is 5.69 Å². The summed E-state index contributed by atoms with van der Waals surface area (Å²) < 4.78 is 56.4. The monoisotopic (exact) mass is 634 g/mol. The van der Waals surface area contributed by atoms with Crippen molar-refractivity contribution in [2.24, 2.45) is 0 Å². The van der Waals surface area contributed by atoms with Gasteiger partial charge in [0.25, 0.3) is 11.8 Å². The number of piperazine rings is 1. The molecular formula is C34H34F4N6O2. The van der Waals surface area contributed by atoms with Crippen LogP contribution in [0, 0.1) is 5.82 Å². The molecule has 1 fully saturated rings. The van der Waals surface area contributed by atoms with Gasteiger partial charge in [-0.3, -0.25) is 19.4 Å². The van der Waals surface area contributed by atoms with Gasteiger partial charge in [-0.05, 0) is 62.0 Å². The van der Waals surface area contributed by atoms with Crippen LogP contribution in [0.3, 0.4) is 0 Å². The number of para-hydroxylation sites is 1. The van der Waals surface area contributed by atoms with Crippen molar-refractivity contribution in [3.8, 4) is 5.69 Å². The van der Waals surface area contributed by atoms with Crippen LogP contribution in [0.4, 0.5) is 23.4 Å². The van der Waals surface area contributed by atoms with Crippen LogP contribution in [0.15, 0.2) is 78.9 Å². The molecule has 1 N–H and O–H groups in total. The number of rotatable bonds is 7. The number of likely N-dealkylation sites (N-methyl/N-ethyl adjacent to an activating group) is 2. The zero-order chi connectivity index (χ0) is 32.6. The Hall–Kier alpha value is -4.55. The zero-order valence-electron chi connectivity index (χ0n) is 25.5. The molecule has 0 saturated carbocycles. The van der Waals surface area contributed by atoms with E-state index >= 15 is 0 Å². The molecule has 1 saturated heterocycles. The first kappa shape index (κ1) is 31.4. The number of anilines is 1. The number of aromatic nitrogens is 2. The summed E-state index contributed by atoms with van der Waals surface area (Å²) in [5.41, 5.74) is 1.49. The number of fused-ring (bicyclic) bond motifs is 1. The van der Waals surface area contributed by atoms with E-state index in [4.69, 9.17) is 5.10 Å². The molecule has 2 amide bonds. The van der Waals surface area contributed by atoms with E-state index in [1.54, 1.807) is 21.7 Å². The predicted molar refractivity (Wildman–Crippen MR) is 165 cm³/mol. The minimum Gasteiger partial charge on any atom is -0.339 e. The molecule has 2 aliphatic rings. The Bertz CT molecular complexity index is 1720. The predicted octanol–water partition coefficient (Wildman–Crippen LogP) is 5.07. The molecule has 6 rings (SSSR count). The van der Waals surface area contributed by atoms with Crippen LogP contribution in [0.2, 0.25) is 0 Å². The Morgan fingerprint density at radius 2 is 1.65 bits per heavy atom. The number of carbonyl (C=O) groups excluding carboxylic acids is 2. The Morgan fingerprint density at radius 3 is 2.30 bits per heavy atom. The molecule has 0 spiro atoms. The molecule has 0 bridgehead atoms. The van der Waals surface area contributed by atoms with Gasteiger partial charge in [-0.1, -0.05) is 36.4 Å². The van der Waals surface area contributed by atoms with Gasteiger partial charge in [0.2, 0.25) is 0 Å². The number of hydrogen-bond donors (Lipinski definition) is 1. The van der Waals surface area contributed by atoms with E-state index in [-0.39, 0.29) is 12.1 Å². The van der Waals surface area contributed by atoms with Gasteiger partial charge in [-0.2, -0.15) is 18.3 Å². The van der Waals surface area contributed by atoms with Crippen molar-refractivity contribution in [1.82, 2.24) is 24.9 Å². The number of benzene rings is 3. The molecule has 240 valence electrons. The van der Waals surface area contributed by atoms with Crippen molar-refractivity contribution < 1.29 is 27.2 Å². The van der Waals surface area contributed by atoms with Gasteiger partial charge in [0.15, 0.2) is 0 Å². The van der Waals surface area contributed by atoms with Crippen molar-refractivity contribution in [2.45, 2.75) is 31.6 Å². The second kappa shape index (κ2) is 12.7. The van der Waals surface area contributed by atoms with Crippen LogP contribution in [-0.4, -0.2) is 77.2 Å². The third-order valence-electron chi connectivity index (χ3n) is 8.66. The van der Waals surface area contributed by atoms with E-state index in [0.29, 0.717) is 29.2 Å². The quantitative estimate of drug-likeness (QED) is 0.288. The second-order valence-corrected chi connectivity index (χ2v) is 11.7. The van der Waals surface area contributed by atoms with Gasteiger partial charge < -0.3 is 10.2 Å².